The van der Waals surface area contributed by atoms with Gasteiger partial charge in [-0.15, -0.1) is 0 Å². The van der Waals surface area contributed by atoms with Gasteiger partial charge in [-0.1, -0.05) is 131 Å². The highest BCUT2D eigenvalue weighted by Crippen LogP contribution is 2.35. The van der Waals surface area contributed by atoms with Crippen LogP contribution in [0.25, 0.3) is 0 Å². The number of phosphoric ester groups is 1. The van der Waals surface area contributed by atoms with Crippen molar-refractivity contribution < 1.29 is 37.9 Å². The lowest BCUT2D eigenvalue weighted by molar-refractivity contribution is -0.161. The second-order valence-corrected chi connectivity index (χ2v) is 11.4. The Labute approximate surface area is 265 Å². The van der Waals surface area contributed by atoms with Crippen molar-refractivity contribution >= 4 is 19.8 Å². The van der Waals surface area contributed by atoms with Crippen molar-refractivity contribution in [2.24, 2.45) is 0 Å². The first-order chi connectivity index (χ1) is 21.3. The molecule has 44 heavy (non-hydrogen) atoms. The topological polar surface area (TPSA) is 119 Å². The van der Waals surface area contributed by atoms with Crippen molar-refractivity contribution in [3.05, 3.63) is 85.1 Å². The van der Waals surface area contributed by atoms with Crippen molar-refractivity contribution in [1.82, 2.24) is 0 Å². The number of hydrogen-bond donors (Lipinski definition) is 2. The van der Waals surface area contributed by atoms with E-state index in [4.69, 9.17) is 19.3 Å². The number of ether oxygens (including phenoxy) is 2. The number of allylic oxidation sites excluding steroid dienone is 14. The molecule has 9 heteroatoms. The molecule has 2 N–H and O–H groups in total. The van der Waals surface area contributed by atoms with E-state index < -0.39 is 32.5 Å². The molecule has 0 aromatic heterocycles. The minimum atomic E-state index is -4.78. The minimum absolute atomic E-state index is 0.0852. The Bertz CT molecular complexity index is 985. The molecule has 0 fully saturated rings. The lowest BCUT2D eigenvalue weighted by atomic mass is 10.1. The number of carbonyl (C=O) groups excluding carboxylic acids is 2. The molecule has 0 aromatic rings. The van der Waals surface area contributed by atoms with Gasteiger partial charge in [0.25, 0.3) is 0 Å². The van der Waals surface area contributed by atoms with Gasteiger partial charge in [0.2, 0.25) is 0 Å². The fraction of sp³-hybridized carbons (Fsp3) is 0.543. The lowest BCUT2D eigenvalue weighted by Crippen LogP contribution is -2.29. The molecule has 0 aliphatic carbocycles. The summed E-state index contributed by atoms with van der Waals surface area (Å²) in [7, 11) is -4.78. The zero-order chi connectivity index (χ0) is 32.6. The van der Waals surface area contributed by atoms with Gasteiger partial charge >= 0.3 is 19.8 Å². The summed E-state index contributed by atoms with van der Waals surface area (Å²) in [6.07, 6.45) is 39.1. The van der Waals surface area contributed by atoms with Crippen LogP contribution < -0.4 is 0 Å². The predicted molar refractivity (Wildman–Crippen MR) is 179 cm³/mol. The normalized spacial score (nSPS) is 13.6. The van der Waals surface area contributed by atoms with E-state index in [-0.39, 0.29) is 19.4 Å². The van der Waals surface area contributed by atoms with Crippen LogP contribution in [-0.4, -0.2) is 41.0 Å². The molecular formula is C35H55O8P. The van der Waals surface area contributed by atoms with Crippen LogP contribution in [-0.2, 0) is 28.2 Å². The molecule has 1 unspecified atom stereocenters. The van der Waals surface area contributed by atoms with Crippen molar-refractivity contribution in [2.45, 2.75) is 110 Å². The third kappa shape index (κ3) is 32.2. The summed E-state index contributed by atoms with van der Waals surface area (Å²) >= 11 is 0. The van der Waals surface area contributed by atoms with Crippen LogP contribution in [0.4, 0.5) is 0 Å². The number of unbranched alkanes of at least 4 members (excludes halogenated alkanes) is 7. The predicted octanol–water partition coefficient (Wildman–Crippen LogP) is 8.95. The average molecular weight is 635 g/mol. The quantitative estimate of drug-likeness (QED) is 0.0302. The van der Waals surface area contributed by atoms with Gasteiger partial charge in [0, 0.05) is 12.8 Å². The van der Waals surface area contributed by atoms with Crippen molar-refractivity contribution in [2.75, 3.05) is 13.2 Å². The van der Waals surface area contributed by atoms with Crippen molar-refractivity contribution in [3.8, 4) is 0 Å². The third-order valence-electron chi connectivity index (χ3n) is 6.04. The summed E-state index contributed by atoms with van der Waals surface area (Å²) in [5.74, 6) is -1.06. The van der Waals surface area contributed by atoms with E-state index in [2.05, 4.69) is 36.6 Å². The van der Waals surface area contributed by atoms with Gasteiger partial charge < -0.3 is 19.3 Å². The average Bonchev–Trinajstić information content (AvgIpc) is 2.98. The summed E-state index contributed by atoms with van der Waals surface area (Å²) in [5, 5.41) is 0. The fourth-order valence-electron chi connectivity index (χ4n) is 3.69. The summed E-state index contributed by atoms with van der Waals surface area (Å²) < 4.78 is 26.0. The first kappa shape index (κ1) is 41.2. The molecule has 248 valence electrons. The maximum absolute atomic E-state index is 12.2. The maximum Gasteiger partial charge on any atom is 0.469 e. The van der Waals surface area contributed by atoms with Gasteiger partial charge in [-0.25, -0.2) is 4.57 Å². The van der Waals surface area contributed by atoms with E-state index >= 15 is 0 Å². The molecule has 0 aromatic carbocycles. The third-order valence-corrected chi connectivity index (χ3v) is 6.52. The van der Waals surface area contributed by atoms with Crippen LogP contribution in [0.3, 0.4) is 0 Å². The highest BCUT2D eigenvalue weighted by molar-refractivity contribution is 7.46. The fourth-order valence-corrected chi connectivity index (χ4v) is 4.05. The second kappa shape index (κ2) is 30.3. The smallest absolute Gasteiger partial charge is 0.462 e. The van der Waals surface area contributed by atoms with Gasteiger partial charge in [-0.05, 0) is 44.9 Å². The standard InChI is InChI=1S/C35H55O8P/c1-3-5-7-9-11-13-15-17-19-21-23-25-27-29-34(36)41-31-33(32-42-44(38,39)40)43-35(37)30-28-26-24-22-20-18-16-14-12-10-8-6-4-2/h5,7,9,11,13,15,17-21,23-24,26,33H,3-4,6,8,10,12,14,16,22,25,27-32H2,1-2H3,(H2,38,39,40)/b7-5+,11-9+,15-13+,19-17+,20-18+,23-21+,26-24+. The van der Waals surface area contributed by atoms with E-state index in [9.17, 15) is 14.2 Å². The molecule has 0 radical (unpaired) electrons. The summed E-state index contributed by atoms with van der Waals surface area (Å²) in [6.45, 7) is 3.37. The maximum atomic E-state index is 12.2. The molecule has 0 aliphatic heterocycles. The van der Waals surface area contributed by atoms with Crippen LogP contribution in [0, 0.1) is 0 Å². The summed E-state index contributed by atoms with van der Waals surface area (Å²) in [5.41, 5.74) is 0. The molecular weight excluding hydrogens is 579 g/mol. The molecule has 1 atom stereocenters. The molecule has 0 spiro atoms. The Kier molecular flexibility index (Phi) is 28.4. The van der Waals surface area contributed by atoms with Gasteiger partial charge in [-0.2, -0.15) is 0 Å². The Morgan fingerprint density at radius 2 is 1.23 bits per heavy atom. The highest BCUT2D eigenvalue weighted by Gasteiger charge is 2.22. The lowest BCUT2D eigenvalue weighted by Gasteiger charge is -2.18. The van der Waals surface area contributed by atoms with Crippen LogP contribution >= 0.6 is 7.82 Å². The molecule has 0 saturated carbocycles. The first-order valence-electron chi connectivity index (χ1n) is 15.9. The van der Waals surface area contributed by atoms with Crippen LogP contribution in [0.1, 0.15) is 104 Å². The largest absolute Gasteiger partial charge is 0.469 e. The molecule has 0 saturated heterocycles. The van der Waals surface area contributed by atoms with E-state index in [1.54, 1.807) is 0 Å². The summed E-state index contributed by atoms with van der Waals surface area (Å²) in [4.78, 5) is 42.4. The minimum Gasteiger partial charge on any atom is -0.462 e. The number of carbonyl (C=O) groups is 2. The second-order valence-electron chi connectivity index (χ2n) is 10.2. The van der Waals surface area contributed by atoms with E-state index in [0.717, 1.165) is 19.3 Å². The molecule has 0 amide bonds. The number of phosphoric acid groups is 1. The number of rotatable bonds is 27. The van der Waals surface area contributed by atoms with Gasteiger partial charge in [-0.3, -0.25) is 14.1 Å². The number of hydrogen-bond acceptors (Lipinski definition) is 6. The van der Waals surface area contributed by atoms with Crippen LogP contribution in [0.2, 0.25) is 0 Å². The Balaban J connectivity index is 4.29. The van der Waals surface area contributed by atoms with Gasteiger partial charge in [0.15, 0.2) is 6.10 Å². The summed E-state index contributed by atoms with van der Waals surface area (Å²) in [6, 6.07) is 0. The molecule has 8 nitrogen and oxygen atoms in total. The molecule has 0 bridgehead atoms. The van der Waals surface area contributed by atoms with Crippen molar-refractivity contribution in [1.29, 1.82) is 0 Å². The molecule has 0 aliphatic rings. The SMILES string of the molecule is CC/C=C/C=C/C=C/C=C/C=C/CCCC(=O)OCC(COP(=O)(O)O)OC(=O)CC/C=C/C/C=C/CCCCCCCC. The number of esters is 2. The van der Waals surface area contributed by atoms with Gasteiger partial charge in [0.1, 0.15) is 6.61 Å². The Morgan fingerprint density at radius 1 is 0.636 bits per heavy atom. The Hall–Kier alpha value is -2.77. The first-order valence-corrected chi connectivity index (χ1v) is 17.5. The van der Waals surface area contributed by atoms with Crippen LogP contribution in [0.15, 0.2) is 85.1 Å². The van der Waals surface area contributed by atoms with Gasteiger partial charge in [0.05, 0.1) is 6.61 Å². The van der Waals surface area contributed by atoms with E-state index in [0.29, 0.717) is 19.3 Å². The molecule has 0 rings (SSSR count). The zero-order valence-corrected chi connectivity index (χ0v) is 27.7. The zero-order valence-electron chi connectivity index (χ0n) is 26.8. The van der Waals surface area contributed by atoms with Crippen molar-refractivity contribution in [3.63, 3.8) is 0 Å². The van der Waals surface area contributed by atoms with E-state index in [1.807, 2.05) is 66.8 Å². The highest BCUT2D eigenvalue weighted by atomic mass is 31.2. The molecule has 0 heterocycles. The monoisotopic (exact) mass is 634 g/mol. The Morgan fingerprint density at radius 3 is 1.89 bits per heavy atom. The van der Waals surface area contributed by atoms with Crippen LogP contribution in [0.5, 0.6) is 0 Å². The van der Waals surface area contributed by atoms with E-state index in [1.165, 1.54) is 38.5 Å².